The third kappa shape index (κ3) is 2.62. The molecule has 0 aromatic carbocycles. The molecule has 2 aromatic rings. The van der Waals surface area contributed by atoms with E-state index in [2.05, 4.69) is 15.4 Å². The molecule has 0 fully saturated rings. The molecule has 0 spiro atoms. The van der Waals surface area contributed by atoms with Gasteiger partial charge in [-0.05, 0) is 13.0 Å². The molecular weight excluding hydrogens is 240 g/mol. The Bertz CT molecular complexity index is 538. The molecule has 0 saturated heterocycles. The van der Waals surface area contributed by atoms with E-state index < -0.39 is 0 Å². The molecule has 0 bridgehead atoms. The van der Waals surface area contributed by atoms with Gasteiger partial charge in [-0.15, -0.1) is 0 Å². The number of aromatic nitrogens is 3. The number of aryl methyl sites for hydroxylation is 1. The standard InChI is InChI=1S/C11H11ClN4O/c1-2-16-7-8(5-14-16)15-11(17)9-3-4-13-6-10(9)12/h3-7H,2H2,1H3,(H,15,17). The Balaban J connectivity index is 2.14. The van der Waals surface area contributed by atoms with Crippen LogP contribution >= 0.6 is 11.6 Å². The van der Waals surface area contributed by atoms with Gasteiger partial charge in [-0.25, -0.2) is 0 Å². The number of carbonyl (C=O) groups is 1. The zero-order valence-corrected chi connectivity index (χ0v) is 9.98. The largest absolute Gasteiger partial charge is 0.319 e. The van der Waals surface area contributed by atoms with Crippen molar-refractivity contribution in [2.75, 3.05) is 5.32 Å². The lowest BCUT2D eigenvalue weighted by molar-refractivity contribution is 0.102. The van der Waals surface area contributed by atoms with Gasteiger partial charge in [0.25, 0.3) is 5.91 Å². The number of anilines is 1. The molecule has 2 heterocycles. The van der Waals surface area contributed by atoms with Crippen LogP contribution in [0, 0.1) is 0 Å². The van der Waals surface area contributed by atoms with Gasteiger partial charge in [0.2, 0.25) is 0 Å². The zero-order chi connectivity index (χ0) is 12.3. The summed E-state index contributed by atoms with van der Waals surface area (Å²) >= 11 is 5.87. The maximum absolute atomic E-state index is 11.9. The Morgan fingerprint density at radius 3 is 3.00 bits per heavy atom. The number of nitrogens with one attached hydrogen (secondary N) is 1. The summed E-state index contributed by atoms with van der Waals surface area (Å²) in [5, 5.41) is 7.11. The molecule has 0 aliphatic rings. The second-order valence-electron chi connectivity index (χ2n) is 3.39. The Labute approximate surface area is 103 Å². The molecule has 0 unspecified atom stereocenters. The summed E-state index contributed by atoms with van der Waals surface area (Å²) in [5.41, 5.74) is 1.04. The van der Waals surface area contributed by atoms with E-state index in [1.165, 1.54) is 12.4 Å². The minimum Gasteiger partial charge on any atom is -0.319 e. The lowest BCUT2D eigenvalue weighted by Gasteiger charge is -2.03. The van der Waals surface area contributed by atoms with Crippen molar-refractivity contribution in [1.82, 2.24) is 14.8 Å². The van der Waals surface area contributed by atoms with Crippen LogP contribution < -0.4 is 5.32 Å². The second kappa shape index (κ2) is 4.97. The van der Waals surface area contributed by atoms with Crippen LogP contribution in [0.5, 0.6) is 0 Å². The van der Waals surface area contributed by atoms with E-state index in [-0.39, 0.29) is 5.91 Å². The summed E-state index contributed by atoms with van der Waals surface area (Å²) in [7, 11) is 0. The van der Waals surface area contributed by atoms with E-state index in [1.54, 1.807) is 23.1 Å². The van der Waals surface area contributed by atoms with Crippen molar-refractivity contribution in [1.29, 1.82) is 0 Å². The van der Waals surface area contributed by atoms with E-state index >= 15 is 0 Å². The summed E-state index contributed by atoms with van der Waals surface area (Å²) in [6.45, 7) is 2.73. The predicted octanol–water partition coefficient (Wildman–Crippen LogP) is 2.20. The molecule has 2 aromatic heterocycles. The number of rotatable bonds is 3. The van der Waals surface area contributed by atoms with Crippen LogP contribution in [-0.4, -0.2) is 20.7 Å². The fourth-order valence-electron chi connectivity index (χ4n) is 1.36. The van der Waals surface area contributed by atoms with Crippen molar-refractivity contribution in [2.45, 2.75) is 13.5 Å². The van der Waals surface area contributed by atoms with Crippen molar-refractivity contribution < 1.29 is 4.79 Å². The van der Waals surface area contributed by atoms with Crippen molar-refractivity contribution in [2.24, 2.45) is 0 Å². The Morgan fingerprint density at radius 1 is 1.53 bits per heavy atom. The summed E-state index contributed by atoms with van der Waals surface area (Å²) in [4.78, 5) is 15.7. The summed E-state index contributed by atoms with van der Waals surface area (Å²) in [6, 6.07) is 1.57. The maximum Gasteiger partial charge on any atom is 0.257 e. The highest BCUT2D eigenvalue weighted by Crippen LogP contribution is 2.15. The molecule has 0 radical (unpaired) electrons. The van der Waals surface area contributed by atoms with Crippen molar-refractivity contribution in [3.05, 3.63) is 41.4 Å². The molecular formula is C11H11ClN4O. The third-order valence-corrected chi connectivity index (χ3v) is 2.53. The first-order valence-electron chi connectivity index (χ1n) is 5.14. The van der Waals surface area contributed by atoms with Gasteiger partial charge in [0.15, 0.2) is 0 Å². The van der Waals surface area contributed by atoms with E-state index in [0.29, 0.717) is 16.3 Å². The van der Waals surface area contributed by atoms with Crippen LogP contribution in [0.15, 0.2) is 30.9 Å². The molecule has 2 rings (SSSR count). The molecule has 0 saturated carbocycles. The highest BCUT2D eigenvalue weighted by atomic mass is 35.5. The fraction of sp³-hybridized carbons (Fsp3) is 0.182. The van der Waals surface area contributed by atoms with Crippen LogP contribution in [0.25, 0.3) is 0 Å². The molecule has 0 atom stereocenters. The SMILES string of the molecule is CCn1cc(NC(=O)c2ccncc2Cl)cn1. The topological polar surface area (TPSA) is 59.8 Å². The smallest absolute Gasteiger partial charge is 0.257 e. The van der Waals surface area contributed by atoms with Crippen LogP contribution in [0.1, 0.15) is 17.3 Å². The number of hydrogen-bond acceptors (Lipinski definition) is 3. The van der Waals surface area contributed by atoms with E-state index in [9.17, 15) is 4.79 Å². The fourth-order valence-corrected chi connectivity index (χ4v) is 1.56. The number of nitrogens with zero attached hydrogens (tertiary/aromatic N) is 3. The van der Waals surface area contributed by atoms with Gasteiger partial charge < -0.3 is 5.32 Å². The molecule has 17 heavy (non-hydrogen) atoms. The Morgan fingerprint density at radius 2 is 2.35 bits per heavy atom. The van der Waals surface area contributed by atoms with Gasteiger partial charge in [-0.2, -0.15) is 5.10 Å². The minimum atomic E-state index is -0.270. The molecule has 1 amide bonds. The van der Waals surface area contributed by atoms with Gasteiger partial charge in [0.1, 0.15) is 0 Å². The quantitative estimate of drug-likeness (QED) is 0.909. The highest BCUT2D eigenvalue weighted by molar-refractivity contribution is 6.34. The molecule has 0 aliphatic carbocycles. The van der Waals surface area contributed by atoms with E-state index in [1.807, 2.05) is 6.92 Å². The maximum atomic E-state index is 11.9. The van der Waals surface area contributed by atoms with Gasteiger partial charge in [-0.1, -0.05) is 11.6 Å². The van der Waals surface area contributed by atoms with Gasteiger partial charge in [0.05, 0.1) is 22.5 Å². The van der Waals surface area contributed by atoms with Crippen molar-refractivity contribution >= 4 is 23.2 Å². The van der Waals surface area contributed by atoms with Crippen LogP contribution in [-0.2, 0) is 6.54 Å². The average molecular weight is 251 g/mol. The molecule has 6 heteroatoms. The first kappa shape index (κ1) is 11.6. The lowest BCUT2D eigenvalue weighted by Crippen LogP contribution is -2.12. The Kier molecular flexibility index (Phi) is 3.39. The minimum absolute atomic E-state index is 0.270. The first-order chi connectivity index (χ1) is 8.20. The van der Waals surface area contributed by atoms with E-state index in [0.717, 1.165) is 6.54 Å². The zero-order valence-electron chi connectivity index (χ0n) is 9.22. The van der Waals surface area contributed by atoms with Crippen molar-refractivity contribution in [3.8, 4) is 0 Å². The number of amides is 1. The summed E-state index contributed by atoms with van der Waals surface area (Å²) < 4.78 is 1.73. The number of carbonyl (C=O) groups excluding carboxylic acids is 1. The molecule has 1 N–H and O–H groups in total. The lowest BCUT2D eigenvalue weighted by atomic mass is 10.2. The van der Waals surface area contributed by atoms with E-state index in [4.69, 9.17) is 11.6 Å². The predicted molar refractivity (Wildman–Crippen MR) is 65.1 cm³/mol. The summed E-state index contributed by atoms with van der Waals surface area (Å²) in [6.07, 6.45) is 6.31. The molecule has 5 nitrogen and oxygen atoms in total. The number of hydrogen-bond donors (Lipinski definition) is 1. The number of pyridine rings is 1. The van der Waals surface area contributed by atoms with Crippen LogP contribution in [0.2, 0.25) is 5.02 Å². The van der Waals surface area contributed by atoms with Crippen LogP contribution in [0.4, 0.5) is 5.69 Å². The van der Waals surface area contributed by atoms with Crippen molar-refractivity contribution in [3.63, 3.8) is 0 Å². The normalized spacial score (nSPS) is 10.2. The highest BCUT2D eigenvalue weighted by Gasteiger charge is 2.10. The average Bonchev–Trinajstić information content (AvgIpc) is 2.77. The van der Waals surface area contributed by atoms with Crippen LogP contribution in [0.3, 0.4) is 0 Å². The Hall–Kier alpha value is -1.88. The van der Waals surface area contributed by atoms with Gasteiger partial charge in [-0.3, -0.25) is 14.5 Å². The monoisotopic (exact) mass is 250 g/mol. The van der Waals surface area contributed by atoms with Gasteiger partial charge in [0, 0.05) is 25.1 Å². The molecule has 88 valence electrons. The summed E-state index contributed by atoms with van der Waals surface area (Å²) in [5.74, 6) is -0.270. The second-order valence-corrected chi connectivity index (χ2v) is 3.80. The third-order valence-electron chi connectivity index (χ3n) is 2.23. The first-order valence-corrected chi connectivity index (χ1v) is 5.52. The molecule has 0 aliphatic heterocycles. The number of halogens is 1. The van der Waals surface area contributed by atoms with Gasteiger partial charge >= 0.3 is 0 Å².